The van der Waals surface area contributed by atoms with Crippen molar-refractivity contribution >= 4 is 11.9 Å². The average molecular weight is 295 g/mol. The van der Waals surface area contributed by atoms with Gasteiger partial charge in [-0.2, -0.15) is 0 Å². The molecule has 6 heteroatoms. The van der Waals surface area contributed by atoms with E-state index in [4.69, 9.17) is 9.84 Å². The van der Waals surface area contributed by atoms with Gasteiger partial charge < -0.3 is 19.9 Å². The van der Waals surface area contributed by atoms with Crippen LogP contribution in [0.15, 0.2) is 24.3 Å². The fourth-order valence-corrected chi connectivity index (χ4v) is 1.55. The van der Waals surface area contributed by atoms with Crippen molar-refractivity contribution in [3.8, 4) is 5.75 Å². The van der Waals surface area contributed by atoms with E-state index in [-0.39, 0.29) is 0 Å². The number of carbonyl (C=O) groups excluding carboxylic acids is 2. The maximum Gasteiger partial charge on any atom is 0.330 e. The average Bonchev–Trinajstić information content (AvgIpc) is 2.49. The van der Waals surface area contributed by atoms with E-state index in [9.17, 15) is 9.59 Å². The Bertz CT molecular complexity index is 487. The van der Waals surface area contributed by atoms with Crippen molar-refractivity contribution < 1.29 is 24.2 Å². The van der Waals surface area contributed by atoms with Crippen molar-refractivity contribution in [2.75, 3.05) is 20.3 Å². The Morgan fingerprint density at radius 1 is 1.33 bits per heavy atom. The molecule has 1 atom stereocenters. The summed E-state index contributed by atoms with van der Waals surface area (Å²) < 4.78 is 10.0. The van der Waals surface area contributed by atoms with Crippen molar-refractivity contribution in [1.82, 2.24) is 5.32 Å². The van der Waals surface area contributed by atoms with Gasteiger partial charge in [0.15, 0.2) is 6.04 Å². The molecule has 21 heavy (non-hydrogen) atoms. The molecule has 1 aromatic carbocycles. The van der Waals surface area contributed by atoms with Gasteiger partial charge in [0.1, 0.15) is 5.75 Å². The molecule has 0 aliphatic rings. The number of carbonyl (C=O) groups is 2. The predicted molar refractivity (Wildman–Crippen MR) is 77.1 cm³/mol. The molecule has 0 aliphatic heterocycles. The van der Waals surface area contributed by atoms with Crippen LogP contribution in [0.5, 0.6) is 5.75 Å². The molecule has 116 valence electrons. The number of methoxy groups -OCH3 is 1. The van der Waals surface area contributed by atoms with Gasteiger partial charge in [0.2, 0.25) is 0 Å². The van der Waals surface area contributed by atoms with Crippen molar-refractivity contribution in [2.24, 2.45) is 5.92 Å². The minimum absolute atomic E-state index is 0.346. The van der Waals surface area contributed by atoms with Gasteiger partial charge in [-0.15, -0.1) is 0 Å². The molecule has 0 aromatic heterocycles. The van der Waals surface area contributed by atoms with Gasteiger partial charge in [-0.05, 0) is 24.1 Å². The van der Waals surface area contributed by atoms with Crippen LogP contribution in [-0.2, 0) is 9.53 Å². The highest BCUT2D eigenvalue weighted by molar-refractivity contribution is 5.97. The van der Waals surface area contributed by atoms with Gasteiger partial charge in [-0.3, -0.25) is 4.79 Å². The largest absolute Gasteiger partial charge is 0.493 e. The number of hydrogen-bond donors (Lipinski definition) is 2. The first-order chi connectivity index (χ1) is 9.97. The molecule has 0 saturated heterocycles. The van der Waals surface area contributed by atoms with Crippen LogP contribution in [-0.4, -0.2) is 43.3 Å². The van der Waals surface area contributed by atoms with E-state index in [0.29, 0.717) is 23.8 Å². The van der Waals surface area contributed by atoms with Crippen LogP contribution in [0.1, 0.15) is 24.2 Å². The Morgan fingerprint density at radius 2 is 2.05 bits per heavy atom. The third-order valence-electron chi connectivity index (χ3n) is 2.65. The highest BCUT2D eigenvalue weighted by Crippen LogP contribution is 2.14. The fraction of sp³-hybridized carbons (Fsp3) is 0.467. The normalized spacial score (nSPS) is 11.9. The first kappa shape index (κ1) is 17.0. The van der Waals surface area contributed by atoms with Gasteiger partial charge in [0, 0.05) is 5.56 Å². The molecule has 0 aliphatic carbocycles. The molecular weight excluding hydrogens is 274 g/mol. The summed E-state index contributed by atoms with van der Waals surface area (Å²) in [5.74, 6) is -0.219. The topological polar surface area (TPSA) is 84.9 Å². The summed E-state index contributed by atoms with van der Waals surface area (Å²) in [5.41, 5.74) is 0.346. The molecule has 2 N–H and O–H groups in total. The number of ether oxygens (including phenoxy) is 2. The second-order valence-electron chi connectivity index (χ2n) is 4.96. The Kier molecular flexibility index (Phi) is 6.68. The Balaban J connectivity index is 2.73. The summed E-state index contributed by atoms with van der Waals surface area (Å²) >= 11 is 0. The van der Waals surface area contributed by atoms with E-state index >= 15 is 0 Å². The van der Waals surface area contributed by atoms with Crippen LogP contribution < -0.4 is 10.1 Å². The van der Waals surface area contributed by atoms with Crippen LogP contribution in [0.3, 0.4) is 0 Å². The molecule has 1 rings (SSSR count). The van der Waals surface area contributed by atoms with E-state index in [1.54, 1.807) is 24.3 Å². The van der Waals surface area contributed by atoms with Crippen molar-refractivity contribution in [3.05, 3.63) is 29.8 Å². The maximum atomic E-state index is 12.0. The van der Waals surface area contributed by atoms with Crippen LogP contribution >= 0.6 is 0 Å². The lowest BCUT2D eigenvalue weighted by Gasteiger charge is -2.14. The van der Waals surface area contributed by atoms with E-state index in [1.807, 2.05) is 13.8 Å². The Labute approximate surface area is 124 Å². The number of rotatable bonds is 7. The minimum atomic E-state index is -1.08. The molecular formula is C15H21NO5. The van der Waals surface area contributed by atoms with Gasteiger partial charge >= 0.3 is 5.97 Å². The molecule has 0 radical (unpaired) electrons. The summed E-state index contributed by atoms with van der Waals surface area (Å²) in [7, 11) is 1.19. The smallest absolute Gasteiger partial charge is 0.330 e. The summed E-state index contributed by atoms with van der Waals surface area (Å²) in [4.78, 5) is 23.4. The monoisotopic (exact) mass is 295 g/mol. The van der Waals surface area contributed by atoms with Gasteiger partial charge in [0.05, 0.1) is 20.3 Å². The molecule has 0 fully saturated rings. The van der Waals surface area contributed by atoms with Gasteiger partial charge in [-0.25, -0.2) is 4.79 Å². The third kappa shape index (κ3) is 5.43. The zero-order valence-electron chi connectivity index (χ0n) is 12.5. The molecule has 0 heterocycles. The zero-order valence-corrected chi connectivity index (χ0v) is 12.5. The first-order valence-electron chi connectivity index (χ1n) is 6.70. The van der Waals surface area contributed by atoms with Crippen molar-refractivity contribution in [3.63, 3.8) is 0 Å². The third-order valence-corrected chi connectivity index (χ3v) is 2.65. The Morgan fingerprint density at radius 3 is 2.62 bits per heavy atom. The van der Waals surface area contributed by atoms with E-state index in [2.05, 4.69) is 10.1 Å². The summed E-state index contributed by atoms with van der Waals surface area (Å²) in [6.07, 6.45) is 0. The SMILES string of the molecule is COC(=O)C(CO)NC(=O)c1cccc(OCC(C)C)c1. The van der Waals surface area contributed by atoms with Crippen molar-refractivity contribution in [2.45, 2.75) is 19.9 Å². The lowest BCUT2D eigenvalue weighted by molar-refractivity contribution is -0.143. The number of benzene rings is 1. The molecule has 6 nitrogen and oxygen atoms in total. The molecule has 1 amide bonds. The Hall–Kier alpha value is -2.08. The molecule has 1 aromatic rings. The van der Waals surface area contributed by atoms with Crippen LogP contribution in [0, 0.1) is 5.92 Å². The summed E-state index contributed by atoms with van der Waals surface area (Å²) in [6, 6.07) is 5.55. The number of aliphatic hydroxyl groups is 1. The summed E-state index contributed by atoms with van der Waals surface area (Å²) in [5, 5.41) is 11.5. The molecule has 0 saturated carbocycles. The predicted octanol–water partition coefficient (Wildman–Crippen LogP) is 0.985. The number of amides is 1. The van der Waals surface area contributed by atoms with Gasteiger partial charge in [0.25, 0.3) is 5.91 Å². The standard InChI is InChI=1S/C15H21NO5/c1-10(2)9-21-12-6-4-5-11(7-12)14(18)16-13(8-17)15(19)20-3/h4-7,10,13,17H,8-9H2,1-3H3,(H,16,18). The number of nitrogens with one attached hydrogen (secondary N) is 1. The van der Waals surface area contributed by atoms with Crippen molar-refractivity contribution in [1.29, 1.82) is 0 Å². The van der Waals surface area contributed by atoms with E-state index in [1.165, 1.54) is 7.11 Å². The number of aliphatic hydroxyl groups excluding tert-OH is 1. The molecule has 1 unspecified atom stereocenters. The van der Waals surface area contributed by atoms with Crippen LogP contribution in [0.4, 0.5) is 0 Å². The van der Waals surface area contributed by atoms with Gasteiger partial charge in [-0.1, -0.05) is 19.9 Å². The first-order valence-corrected chi connectivity index (χ1v) is 6.70. The maximum absolute atomic E-state index is 12.0. The van der Waals surface area contributed by atoms with Crippen LogP contribution in [0.25, 0.3) is 0 Å². The van der Waals surface area contributed by atoms with E-state index in [0.717, 1.165) is 0 Å². The lowest BCUT2D eigenvalue weighted by Crippen LogP contribution is -2.44. The summed E-state index contributed by atoms with van der Waals surface area (Å²) in [6.45, 7) is 4.08. The molecule has 0 spiro atoms. The second-order valence-corrected chi connectivity index (χ2v) is 4.96. The van der Waals surface area contributed by atoms with E-state index < -0.39 is 24.5 Å². The minimum Gasteiger partial charge on any atom is -0.493 e. The lowest BCUT2D eigenvalue weighted by atomic mass is 10.2. The fourth-order valence-electron chi connectivity index (χ4n) is 1.55. The highest BCUT2D eigenvalue weighted by Gasteiger charge is 2.21. The second kappa shape index (κ2) is 8.26. The zero-order chi connectivity index (χ0) is 15.8. The quantitative estimate of drug-likeness (QED) is 0.733. The highest BCUT2D eigenvalue weighted by atomic mass is 16.5. The number of hydrogen-bond acceptors (Lipinski definition) is 5. The molecule has 0 bridgehead atoms. The number of esters is 1. The van der Waals surface area contributed by atoms with Crippen LogP contribution in [0.2, 0.25) is 0 Å².